The second kappa shape index (κ2) is 9.00. The van der Waals surface area contributed by atoms with E-state index in [1.807, 2.05) is 54.6 Å². The number of ether oxygens (including phenoxy) is 1. The number of hydrogen-bond donors (Lipinski definition) is 1. The van der Waals surface area contributed by atoms with Crippen LogP contribution in [0, 0.1) is 0 Å². The van der Waals surface area contributed by atoms with Gasteiger partial charge in [0.2, 0.25) is 5.91 Å². The Kier molecular flexibility index (Phi) is 6.00. The van der Waals surface area contributed by atoms with Crippen molar-refractivity contribution in [2.45, 2.75) is 57.2 Å². The van der Waals surface area contributed by atoms with E-state index in [-0.39, 0.29) is 18.9 Å². The molecule has 3 amide bonds. The van der Waals surface area contributed by atoms with Gasteiger partial charge in [-0.25, -0.2) is 9.59 Å². The number of imide groups is 1. The van der Waals surface area contributed by atoms with E-state index >= 15 is 0 Å². The van der Waals surface area contributed by atoms with Crippen LogP contribution < -0.4 is 0 Å². The van der Waals surface area contributed by atoms with Gasteiger partial charge in [0.05, 0.1) is 25.6 Å². The number of fused-ring (bicyclic) bond motifs is 5. The van der Waals surface area contributed by atoms with Crippen LogP contribution in [0.5, 0.6) is 0 Å². The van der Waals surface area contributed by atoms with Crippen LogP contribution in [0.15, 0.2) is 54.6 Å². The summed E-state index contributed by atoms with van der Waals surface area (Å²) in [5.74, 6) is -0.635. The summed E-state index contributed by atoms with van der Waals surface area (Å²) < 4.78 is 5.73. The number of nitrogens with one attached hydrogen (secondary N) is 1. The van der Waals surface area contributed by atoms with Gasteiger partial charge < -0.3 is 14.6 Å². The lowest BCUT2D eigenvalue weighted by atomic mass is 9.88. The summed E-state index contributed by atoms with van der Waals surface area (Å²) in [6, 6.07) is 16.5. The van der Waals surface area contributed by atoms with E-state index < -0.39 is 32.2 Å². The lowest BCUT2D eigenvalue weighted by molar-refractivity contribution is -0.153. The van der Waals surface area contributed by atoms with E-state index in [4.69, 9.17) is 4.74 Å². The molecule has 2 aromatic carbocycles. The minimum atomic E-state index is -1.38. The van der Waals surface area contributed by atoms with Crippen molar-refractivity contribution in [1.82, 2.24) is 14.8 Å². The fourth-order valence-electron chi connectivity index (χ4n) is 5.03. The fourth-order valence-corrected chi connectivity index (χ4v) is 5.75. The maximum Gasteiger partial charge on any atom is 0.329 e. The normalized spacial score (nSPS) is 20.1. The van der Waals surface area contributed by atoms with E-state index in [1.165, 1.54) is 4.90 Å². The highest BCUT2D eigenvalue weighted by Crippen LogP contribution is 2.42. The average Bonchev–Trinajstić information content (AvgIpc) is 3.20. The summed E-state index contributed by atoms with van der Waals surface area (Å²) in [5.41, 5.74) is 3.64. The third-order valence-electron chi connectivity index (χ3n) is 6.92. The third kappa shape index (κ3) is 4.50. The van der Waals surface area contributed by atoms with Crippen LogP contribution in [0.1, 0.15) is 29.3 Å². The number of nitrogens with zero attached hydrogens (tertiary/aromatic N) is 2. The molecule has 35 heavy (non-hydrogen) atoms. The smallest absolute Gasteiger partial charge is 0.329 e. The molecule has 8 heteroatoms. The SMILES string of the molecule is C[Si](C)(C)CCOC(=O)[C@@H]1Cc2c([nH]c3ccccc23)[C@H]2CC(=O)N(Cc3ccccc3)C(=O)N21. The van der Waals surface area contributed by atoms with Crippen LogP contribution in [0.4, 0.5) is 4.79 Å². The molecule has 3 aromatic rings. The molecule has 1 aromatic heterocycles. The van der Waals surface area contributed by atoms with Crippen molar-refractivity contribution < 1.29 is 19.1 Å². The van der Waals surface area contributed by atoms with Crippen LogP contribution in [0.3, 0.4) is 0 Å². The highest BCUT2D eigenvalue weighted by molar-refractivity contribution is 6.76. The molecular weight excluding hydrogens is 458 g/mol. The predicted octanol–water partition coefficient (Wildman–Crippen LogP) is 4.87. The summed E-state index contributed by atoms with van der Waals surface area (Å²) in [5, 5.41) is 1.02. The zero-order valence-corrected chi connectivity index (χ0v) is 21.4. The monoisotopic (exact) mass is 489 g/mol. The number of aromatic nitrogens is 1. The molecule has 2 aliphatic heterocycles. The number of hydrogen-bond acceptors (Lipinski definition) is 4. The standard InChI is InChI=1S/C27H31N3O4Si/c1-35(2,3)14-13-34-26(32)23-15-20-19-11-7-8-12-21(19)28-25(20)22-16-24(31)29(27(33)30(22)23)17-18-9-5-4-6-10-18/h4-12,22-23,28H,13-17H2,1-3H3/t22-,23+/m1/s1. The minimum absolute atomic E-state index is 0.122. The maximum absolute atomic E-state index is 13.8. The molecule has 5 rings (SSSR count). The number of amides is 3. The second-order valence-electron chi connectivity index (χ2n) is 10.6. The van der Waals surface area contributed by atoms with Crippen LogP contribution in [0.25, 0.3) is 10.9 Å². The van der Waals surface area contributed by atoms with Gasteiger partial charge in [0.25, 0.3) is 0 Å². The molecule has 7 nitrogen and oxygen atoms in total. The van der Waals surface area contributed by atoms with Crippen LogP contribution in [-0.4, -0.2) is 53.4 Å². The molecule has 2 atom stereocenters. The van der Waals surface area contributed by atoms with Gasteiger partial charge >= 0.3 is 12.0 Å². The van der Waals surface area contributed by atoms with Crippen molar-refractivity contribution in [2.24, 2.45) is 0 Å². The Labute approximate surface area is 206 Å². The average molecular weight is 490 g/mol. The highest BCUT2D eigenvalue weighted by atomic mass is 28.3. The maximum atomic E-state index is 13.8. The number of aromatic amines is 1. The minimum Gasteiger partial charge on any atom is -0.464 e. The third-order valence-corrected chi connectivity index (χ3v) is 8.63. The van der Waals surface area contributed by atoms with Gasteiger partial charge in [0, 0.05) is 31.1 Å². The lowest BCUT2D eigenvalue weighted by Crippen LogP contribution is -2.60. The molecule has 0 unspecified atom stereocenters. The Morgan fingerprint density at radius 3 is 2.49 bits per heavy atom. The number of carbonyl (C=O) groups excluding carboxylic acids is 3. The van der Waals surface area contributed by atoms with Crippen molar-refractivity contribution in [2.75, 3.05) is 6.61 Å². The molecule has 1 fully saturated rings. The van der Waals surface area contributed by atoms with E-state index in [9.17, 15) is 14.4 Å². The number of urea groups is 1. The van der Waals surface area contributed by atoms with Gasteiger partial charge in [-0.1, -0.05) is 68.2 Å². The number of para-hydroxylation sites is 1. The zero-order valence-electron chi connectivity index (χ0n) is 20.4. The van der Waals surface area contributed by atoms with Crippen molar-refractivity contribution in [3.63, 3.8) is 0 Å². The van der Waals surface area contributed by atoms with Gasteiger partial charge in [-0.05, 0) is 23.2 Å². The molecule has 1 N–H and O–H groups in total. The zero-order chi connectivity index (χ0) is 24.7. The van der Waals surface area contributed by atoms with Gasteiger partial charge in [0.15, 0.2) is 0 Å². The highest BCUT2D eigenvalue weighted by Gasteiger charge is 2.50. The van der Waals surface area contributed by atoms with Crippen molar-refractivity contribution in [3.8, 4) is 0 Å². The molecule has 0 saturated carbocycles. The predicted molar refractivity (Wildman–Crippen MR) is 136 cm³/mol. The summed E-state index contributed by atoms with van der Waals surface area (Å²) in [6.07, 6.45) is 0.484. The Bertz CT molecular complexity index is 1280. The molecule has 1 saturated heterocycles. The summed E-state index contributed by atoms with van der Waals surface area (Å²) in [6.45, 7) is 7.23. The van der Waals surface area contributed by atoms with E-state index in [1.54, 1.807) is 4.90 Å². The van der Waals surface area contributed by atoms with Gasteiger partial charge in [-0.2, -0.15) is 0 Å². The second-order valence-corrected chi connectivity index (χ2v) is 16.3. The Morgan fingerprint density at radius 1 is 1.03 bits per heavy atom. The van der Waals surface area contributed by atoms with E-state index in [0.29, 0.717) is 13.0 Å². The van der Waals surface area contributed by atoms with Crippen molar-refractivity contribution >= 4 is 36.9 Å². The Hall–Kier alpha value is -3.39. The molecular formula is C27H31N3O4Si. The molecule has 0 spiro atoms. The first-order chi connectivity index (χ1) is 16.7. The first-order valence-corrected chi connectivity index (χ1v) is 15.9. The molecule has 182 valence electrons. The number of benzene rings is 2. The first kappa shape index (κ1) is 23.4. The van der Waals surface area contributed by atoms with Crippen LogP contribution in [-0.2, 0) is 27.3 Å². The first-order valence-electron chi connectivity index (χ1n) is 12.2. The van der Waals surface area contributed by atoms with Gasteiger partial charge in [0.1, 0.15) is 6.04 Å². The van der Waals surface area contributed by atoms with Gasteiger partial charge in [-0.3, -0.25) is 9.69 Å². The number of H-pyrrole nitrogens is 1. The van der Waals surface area contributed by atoms with Gasteiger partial charge in [-0.15, -0.1) is 0 Å². The topological polar surface area (TPSA) is 82.7 Å². The number of esters is 1. The van der Waals surface area contributed by atoms with E-state index in [0.717, 1.165) is 33.8 Å². The number of rotatable bonds is 6. The van der Waals surface area contributed by atoms with Crippen molar-refractivity contribution in [3.05, 3.63) is 71.4 Å². The summed E-state index contributed by atoms with van der Waals surface area (Å²) >= 11 is 0. The lowest BCUT2D eigenvalue weighted by Gasteiger charge is -2.46. The largest absolute Gasteiger partial charge is 0.464 e. The Morgan fingerprint density at radius 2 is 1.74 bits per heavy atom. The van der Waals surface area contributed by atoms with Crippen LogP contribution >= 0.6 is 0 Å². The molecule has 0 aliphatic carbocycles. The van der Waals surface area contributed by atoms with E-state index in [2.05, 4.69) is 24.6 Å². The summed E-state index contributed by atoms with van der Waals surface area (Å²) in [4.78, 5) is 46.6. The molecule has 3 heterocycles. The van der Waals surface area contributed by atoms with Crippen LogP contribution in [0.2, 0.25) is 25.7 Å². The van der Waals surface area contributed by atoms with Crippen molar-refractivity contribution in [1.29, 1.82) is 0 Å². The Balaban J connectivity index is 1.50. The molecule has 2 aliphatic rings. The quantitative estimate of drug-likeness (QED) is 0.396. The number of carbonyl (C=O) groups is 3. The summed E-state index contributed by atoms with van der Waals surface area (Å²) in [7, 11) is -1.38. The fraction of sp³-hybridized carbons (Fsp3) is 0.370. The molecule has 0 bridgehead atoms. The molecule has 0 radical (unpaired) electrons.